The number of hydrogen-bond acceptors (Lipinski definition) is 6. The lowest BCUT2D eigenvalue weighted by Gasteiger charge is -2.39. The molecule has 1 aromatic heterocycles. The third-order valence-corrected chi connectivity index (χ3v) is 6.77. The van der Waals surface area contributed by atoms with Crippen LogP contribution in [0.4, 0.5) is 18.0 Å². The highest BCUT2D eigenvalue weighted by atomic mass is 32.2. The molecule has 0 aliphatic heterocycles. The largest absolute Gasteiger partial charge is 0.534 e. The van der Waals surface area contributed by atoms with Crippen LogP contribution in [0.3, 0.4) is 0 Å². The molecular weight excluding hydrogens is 525 g/mol. The van der Waals surface area contributed by atoms with Gasteiger partial charge >= 0.3 is 15.6 Å². The Morgan fingerprint density at radius 3 is 2.16 bits per heavy atom. The molecule has 12 heteroatoms. The van der Waals surface area contributed by atoms with Gasteiger partial charge in [-0.2, -0.15) is 21.6 Å². The summed E-state index contributed by atoms with van der Waals surface area (Å²) in [6.07, 6.45) is -1.44. The average Bonchev–Trinajstić information content (AvgIpc) is 2.78. The van der Waals surface area contributed by atoms with Gasteiger partial charge in [-0.05, 0) is 55.8 Å². The molecule has 0 aliphatic carbocycles. The predicted molar refractivity (Wildman–Crippen MR) is 135 cm³/mol. The highest BCUT2D eigenvalue weighted by Crippen LogP contribution is 2.35. The van der Waals surface area contributed by atoms with Crippen LogP contribution in [0.2, 0.25) is 0 Å². The molecule has 0 radical (unpaired) electrons. The quantitative estimate of drug-likeness (QED) is 0.315. The van der Waals surface area contributed by atoms with E-state index in [2.05, 4.69) is 4.18 Å². The van der Waals surface area contributed by atoms with Gasteiger partial charge in [0.2, 0.25) is 0 Å². The molecular formula is C26H28F3N2O6S-. The number of fused-ring (bicyclic) bond motifs is 1. The van der Waals surface area contributed by atoms with Crippen LogP contribution < -0.4 is 14.8 Å². The normalized spacial score (nSPS) is 12.7. The van der Waals surface area contributed by atoms with E-state index in [1.807, 2.05) is 13.8 Å². The van der Waals surface area contributed by atoms with Crippen molar-refractivity contribution in [1.82, 2.24) is 9.47 Å². The first-order valence-electron chi connectivity index (χ1n) is 11.7. The first-order valence-corrected chi connectivity index (χ1v) is 13.1. The lowest BCUT2D eigenvalue weighted by atomic mass is 9.95. The molecule has 2 aromatic carbocycles. The predicted octanol–water partition coefficient (Wildman–Crippen LogP) is 4.50. The van der Waals surface area contributed by atoms with Crippen LogP contribution in [-0.2, 0) is 23.2 Å². The number of carbonyl (C=O) groups excluding carboxylic acids is 1. The number of nitrogens with zero attached hydrogens (tertiary/aromatic N) is 2. The van der Waals surface area contributed by atoms with E-state index >= 15 is 0 Å². The molecule has 1 amide bonds. The Kier molecular flexibility index (Phi) is 7.88. The van der Waals surface area contributed by atoms with Crippen molar-refractivity contribution in [3.05, 3.63) is 64.6 Å². The van der Waals surface area contributed by atoms with E-state index in [1.54, 1.807) is 51.1 Å². The maximum absolute atomic E-state index is 13.7. The number of rotatable bonds is 7. The van der Waals surface area contributed by atoms with Crippen LogP contribution in [0.15, 0.2) is 53.3 Å². The Morgan fingerprint density at radius 2 is 1.66 bits per heavy atom. The molecule has 0 atom stereocenters. The number of amides is 1. The van der Waals surface area contributed by atoms with Crippen molar-refractivity contribution < 1.29 is 35.7 Å². The van der Waals surface area contributed by atoms with Crippen molar-refractivity contribution in [2.24, 2.45) is 5.92 Å². The molecule has 0 aliphatic rings. The minimum Gasteiger partial charge on any atom is -0.530 e. The lowest BCUT2D eigenvalue weighted by molar-refractivity contribution is -0.271. The van der Waals surface area contributed by atoms with Crippen LogP contribution in [0.1, 0.15) is 40.3 Å². The van der Waals surface area contributed by atoms with Gasteiger partial charge in [-0.15, -0.1) is 0 Å². The van der Waals surface area contributed by atoms with Gasteiger partial charge in [-0.1, -0.05) is 44.2 Å². The summed E-state index contributed by atoms with van der Waals surface area (Å²) in [5, 5.41) is 12.3. The minimum absolute atomic E-state index is 0.0800. The average molecular weight is 554 g/mol. The van der Waals surface area contributed by atoms with Gasteiger partial charge in [0.25, 0.3) is 5.56 Å². The SMILES string of the molecule is CC(C)Cn1c(CN(C(=O)[O-])C(C)(C)C)c(-c2ccccc2)c2ccc(OS(=O)(=O)C(F)(F)F)cc2c1=O. The third kappa shape index (κ3) is 5.95. The molecule has 0 saturated heterocycles. The highest BCUT2D eigenvalue weighted by Gasteiger charge is 2.48. The van der Waals surface area contributed by atoms with E-state index in [9.17, 15) is 36.3 Å². The van der Waals surface area contributed by atoms with E-state index in [4.69, 9.17) is 0 Å². The van der Waals surface area contributed by atoms with Gasteiger partial charge in [0.1, 0.15) is 11.8 Å². The molecule has 3 rings (SSSR count). The molecule has 0 N–H and O–H groups in total. The first-order chi connectivity index (χ1) is 17.4. The van der Waals surface area contributed by atoms with Crippen molar-refractivity contribution in [2.45, 2.75) is 58.8 Å². The van der Waals surface area contributed by atoms with Gasteiger partial charge < -0.3 is 23.6 Å². The number of carboxylic acid groups (broad SMARTS) is 1. The summed E-state index contributed by atoms with van der Waals surface area (Å²) in [5.74, 6) is -0.760. The lowest BCUT2D eigenvalue weighted by Crippen LogP contribution is -2.51. The summed E-state index contributed by atoms with van der Waals surface area (Å²) < 4.78 is 67.5. The number of benzene rings is 2. The van der Waals surface area contributed by atoms with E-state index in [1.165, 1.54) is 10.6 Å². The van der Waals surface area contributed by atoms with Crippen LogP contribution >= 0.6 is 0 Å². The van der Waals surface area contributed by atoms with Crippen molar-refractivity contribution >= 4 is 27.0 Å². The van der Waals surface area contributed by atoms with Gasteiger partial charge in [0.05, 0.1) is 11.9 Å². The van der Waals surface area contributed by atoms with Gasteiger partial charge in [-0.3, -0.25) is 4.79 Å². The number of hydrogen-bond donors (Lipinski definition) is 0. The molecule has 0 fully saturated rings. The summed E-state index contributed by atoms with van der Waals surface area (Å²) in [5.41, 5.74) is -5.72. The number of pyridine rings is 1. The standard InChI is InChI=1S/C26H29F3N2O6S/c1-16(2)14-30-21(15-31(24(33)34)25(3,4)5)22(17-9-7-6-8-10-17)19-12-11-18(13-20(19)23(30)32)37-38(35,36)26(27,28)29/h6-13,16H,14-15H2,1-5H3,(H,33,34)/p-1. The Balaban J connectivity index is 2.42. The van der Waals surface area contributed by atoms with Gasteiger partial charge in [0.15, 0.2) is 0 Å². The molecule has 1 heterocycles. The van der Waals surface area contributed by atoms with E-state index in [0.29, 0.717) is 22.2 Å². The number of carbonyl (C=O) groups is 1. The molecule has 0 spiro atoms. The number of halogens is 3. The van der Waals surface area contributed by atoms with Crippen LogP contribution in [0, 0.1) is 5.92 Å². The monoisotopic (exact) mass is 553 g/mol. The zero-order chi connectivity index (χ0) is 28.6. The molecule has 3 aromatic rings. The zero-order valence-corrected chi connectivity index (χ0v) is 22.3. The summed E-state index contributed by atoms with van der Waals surface area (Å²) in [4.78, 5) is 26.9. The topological polar surface area (TPSA) is 109 Å². The summed E-state index contributed by atoms with van der Waals surface area (Å²) >= 11 is 0. The van der Waals surface area contributed by atoms with Crippen molar-refractivity contribution in [1.29, 1.82) is 0 Å². The van der Waals surface area contributed by atoms with Crippen molar-refractivity contribution in [2.75, 3.05) is 0 Å². The van der Waals surface area contributed by atoms with E-state index in [-0.39, 0.29) is 24.4 Å². The second kappa shape index (κ2) is 10.3. The van der Waals surface area contributed by atoms with Crippen molar-refractivity contribution in [3.63, 3.8) is 0 Å². The zero-order valence-electron chi connectivity index (χ0n) is 21.5. The minimum atomic E-state index is -5.96. The molecule has 38 heavy (non-hydrogen) atoms. The van der Waals surface area contributed by atoms with E-state index in [0.717, 1.165) is 17.0 Å². The van der Waals surface area contributed by atoms with Crippen LogP contribution in [-0.4, -0.2) is 35.0 Å². The molecule has 0 bridgehead atoms. The summed E-state index contributed by atoms with van der Waals surface area (Å²) in [6.45, 7) is 8.68. The fourth-order valence-electron chi connectivity index (χ4n) is 4.08. The number of alkyl halides is 3. The first kappa shape index (κ1) is 29.0. The third-order valence-electron chi connectivity index (χ3n) is 5.79. The Hall–Kier alpha value is -3.54. The molecule has 206 valence electrons. The van der Waals surface area contributed by atoms with Crippen LogP contribution in [0.25, 0.3) is 21.9 Å². The van der Waals surface area contributed by atoms with Gasteiger partial charge in [-0.25, -0.2) is 0 Å². The van der Waals surface area contributed by atoms with E-state index < -0.39 is 38.6 Å². The number of aromatic nitrogens is 1. The molecule has 8 nitrogen and oxygen atoms in total. The van der Waals surface area contributed by atoms with Gasteiger partial charge in [0, 0.05) is 23.3 Å². The highest BCUT2D eigenvalue weighted by molar-refractivity contribution is 7.88. The maximum atomic E-state index is 13.7. The molecule has 0 unspecified atom stereocenters. The molecule has 0 saturated carbocycles. The smallest absolute Gasteiger partial charge is 0.530 e. The Morgan fingerprint density at radius 1 is 1.05 bits per heavy atom. The maximum Gasteiger partial charge on any atom is 0.534 e. The Bertz CT molecular complexity index is 1510. The summed E-state index contributed by atoms with van der Waals surface area (Å²) in [6, 6.07) is 12.0. The Labute approximate surface area is 218 Å². The summed E-state index contributed by atoms with van der Waals surface area (Å²) in [7, 11) is -5.96. The van der Waals surface area contributed by atoms with Crippen LogP contribution in [0.5, 0.6) is 5.75 Å². The fraction of sp³-hybridized carbons (Fsp3) is 0.385. The fourth-order valence-corrected chi connectivity index (χ4v) is 4.53. The second-order valence-corrected chi connectivity index (χ2v) is 11.7. The second-order valence-electron chi connectivity index (χ2n) is 10.2. The van der Waals surface area contributed by atoms with Crippen molar-refractivity contribution in [3.8, 4) is 16.9 Å².